The van der Waals surface area contributed by atoms with Crippen molar-refractivity contribution in [1.82, 2.24) is 10.2 Å². The zero-order chi connectivity index (χ0) is 22.8. The molecule has 0 bridgehead atoms. The molecule has 1 saturated carbocycles. The average molecular weight is 447 g/mol. The van der Waals surface area contributed by atoms with Crippen LogP contribution in [0.25, 0.3) is 0 Å². The Morgan fingerprint density at radius 1 is 1.00 bits per heavy atom. The molecule has 1 aliphatic heterocycles. The van der Waals surface area contributed by atoms with E-state index in [9.17, 15) is 18.3 Å². The van der Waals surface area contributed by atoms with Gasteiger partial charge in [-0.3, -0.25) is 4.90 Å². The average Bonchev–Trinajstić information content (AvgIpc) is 2.79. The Balaban J connectivity index is 1.80. The Bertz CT molecular complexity index is 895. The van der Waals surface area contributed by atoms with Crippen LogP contribution in [0.2, 0.25) is 0 Å². The Hall–Kier alpha value is -1.89. The molecule has 4 rings (SSSR count). The van der Waals surface area contributed by atoms with Gasteiger partial charge in [-0.25, -0.2) is 0 Å². The van der Waals surface area contributed by atoms with Gasteiger partial charge in [-0.2, -0.15) is 13.2 Å². The van der Waals surface area contributed by atoms with Gasteiger partial charge in [-0.15, -0.1) is 0 Å². The first-order chi connectivity index (χ1) is 15.2. The van der Waals surface area contributed by atoms with Crippen molar-refractivity contribution < 1.29 is 18.3 Å². The number of alkyl halides is 3. The number of halogens is 3. The highest BCUT2D eigenvalue weighted by Crippen LogP contribution is 2.48. The summed E-state index contributed by atoms with van der Waals surface area (Å²) in [5.41, 5.74) is -0.918. The molecule has 3 nitrogen and oxygen atoms in total. The smallest absolute Gasteiger partial charge is 0.388 e. The SMILES string of the molecule is CC(c1cccc(C(F)(F)F)c1)(N1CCNCC1Cc1ccccc1)C1(O)CCCCC1. The van der Waals surface area contributed by atoms with E-state index in [0.29, 0.717) is 24.9 Å². The normalized spacial score (nSPS) is 24.1. The molecule has 6 heteroatoms. The molecule has 1 saturated heterocycles. The summed E-state index contributed by atoms with van der Waals surface area (Å²) in [7, 11) is 0. The van der Waals surface area contributed by atoms with E-state index >= 15 is 0 Å². The predicted octanol–water partition coefficient (Wildman–Crippen LogP) is 5.13. The molecule has 2 N–H and O–H groups in total. The van der Waals surface area contributed by atoms with E-state index < -0.39 is 22.9 Å². The minimum Gasteiger partial charge on any atom is -0.388 e. The Kier molecular flexibility index (Phi) is 6.66. The molecular formula is C26H33F3N2O. The van der Waals surface area contributed by atoms with Gasteiger partial charge in [0.05, 0.1) is 16.7 Å². The molecule has 2 aromatic rings. The highest BCUT2D eigenvalue weighted by molar-refractivity contribution is 5.35. The lowest BCUT2D eigenvalue weighted by Crippen LogP contribution is -2.67. The summed E-state index contributed by atoms with van der Waals surface area (Å²) in [6.45, 7) is 4.12. The van der Waals surface area contributed by atoms with Crippen LogP contribution in [-0.2, 0) is 18.1 Å². The van der Waals surface area contributed by atoms with E-state index in [2.05, 4.69) is 22.3 Å². The molecule has 2 atom stereocenters. The number of hydrogen-bond acceptors (Lipinski definition) is 3. The minimum atomic E-state index is -4.42. The van der Waals surface area contributed by atoms with Gasteiger partial charge < -0.3 is 10.4 Å². The molecule has 0 radical (unpaired) electrons. The van der Waals surface area contributed by atoms with Crippen molar-refractivity contribution in [3.63, 3.8) is 0 Å². The monoisotopic (exact) mass is 446 g/mol. The molecule has 2 unspecified atom stereocenters. The topological polar surface area (TPSA) is 35.5 Å². The standard InChI is InChI=1S/C26H33F3N2O/c1-24(25(32)13-6-3-7-14-25,21-11-8-12-22(18-21)26(27,28)29)31-16-15-30-19-23(31)17-20-9-4-2-5-10-20/h2,4-5,8-12,18,23,30,32H,3,6-7,13-17,19H2,1H3. The van der Waals surface area contributed by atoms with Gasteiger partial charge >= 0.3 is 6.18 Å². The molecule has 2 aliphatic rings. The third-order valence-electron chi connectivity index (χ3n) is 7.58. The maximum atomic E-state index is 13.6. The maximum Gasteiger partial charge on any atom is 0.416 e. The zero-order valence-corrected chi connectivity index (χ0v) is 18.7. The van der Waals surface area contributed by atoms with Crippen molar-refractivity contribution in [2.45, 2.75) is 68.8 Å². The lowest BCUT2D eigenvalue weighted by atomic mass is 9.66. The molecule has 174 valence electrons. The summed E-state index contributed by atoms with van der Waals surface area (Å²) in [5, 5.41) is 15.5. The number of nitrogens with zero attached hydrogens (tertiary/aromatic N) is 1. The molecule has 32 heavy (non-hydrogen) atoms. The first-order valence-corrected chi connectivity index (χ1v) is 11.7. The van der Waals surface area contributed by atoms with Crippen LogP contribution in [0.1, 0.15) is 55.7 Å². The highest BCUT2D eigenvalue weighted by Gasteiger charge is 2.54. The van der Waals surface area contributed by atoms with Crippen molar-refractivity contribution in [2.75, 3.05) is 19.6 Å². The van der Waals surface area contributed by atoms with Crippen LogP contribution in [0.5, 0.6) is 0 Å². The largest absolute Gasteiger partial charge is 0.416 e. The van der Waals surface area contributed by atoms with Crippen molar-refractivity contribution >= 4 is 0 Å². The number of piperazine rings is 1. The summed E-state index contributed by atoms with van der Waals surface area (Å²) in [5.74, 6) is 0. The van der Waals surface area contributed by atoms with Crippen LogP contribution in [-0.4, -0.2) is 41.3 Å². The van der Waals surface area contributed by atoms with Gasteiger partial charge in [-0.1, -0.05) is 61.7 Å². The zero-order valence-electron chi connectivity index (χ0n) is 18.7. The minimum absolute atomic E-state index is 0.0663. The van der Waals surface area contributed by atoms with E-state index in [4.69, 9.17) is 0 Å². The second-order valence-corrected chi connectivity index (χ2v) is 9.48. The van der Waals surface area contributed by atoms with Gasteiger partial charge in [0, 0.05) is 25.7 Å². The van der Waals surface area contributed by atoms with Crippen molar-refractivity contribution in [1.29, 1.82) is 0 Å². The third kappa shape index (κ3) is 4.45. The number of nitrogens with one attached hydrogen (secondary N) is 1. The number of hydrogen-bond donors (Lipinski definition) is 2. The molecule has 0 amide bonds. The van der Waals surface area contributed by atoms with E-state index in [1.54, 1.807) is 6.07 Å². The van der Waals surface area contributed by atoms with Gasteiger partial charge in [0.25, 0.3) is 0 Å². The van der Waals surface area contributed by atoms with E-state index in [-0.39, 0.29) is 6.04 Å². The maximum absolute atomic E-state index is 13.6. The highest BCUT2D eigenvalue weighted by atomic mass is 19.4. The molecular weight excluding hydrogens is 413 g/mol. The fraction of sp³-hybridized carbons (Fsp3) is 0.538. The van der Waals surface area contributed by atoms with Crippen LogP contribution < -0.4 is 5.32 Å². The Labute approximate surface area is 188 Å². The van der Waals surface area contributed by atoms with Gasteiger partial charge in [0.1, 0.15) is 0 Å². The van der Waals surface area contributed by atoms with Gasteiger partial charge in [-0.05, 0) is 49.4 Å². The molecule has 1 heterocycles. The molecule has 0 spiro atoms. The summed E-state index contributed by atoms with van der Waals surface area (Å²) >= 11 is 0. The van der Waals surface area contributed by atoms with Gasteiger partial charge in [0.2, 0.25) is 0 Å². The molecule has 1 aliphatic carbocycles. The second-order valence-electron chi connectivity index (χ2n) is 9.48. The number of rotatable bonds is 5. The first kappa shape index (κ1) is 23.3. The summed E-state index contributed by atoms with van der Waals surface area (Å²) in [6, 6.07) is 15.9. The Morgan fingerprint density at radius 2 is 1.69 bits per heavy atom. The van der Waals surface area contributed by atoms with Gasteiger partial charge in [0.15, 0.2) is 0 Å². The lowest BCUT2D eigenvalue weighted by molar-refractivity contribution is -0.149. The van der Waals surface area contributed by atoms with E-state index in [1.165, 1.54) is 17.7 Å². The quantitative estimate of drug-likeness (QED) is 0.668. The van der Waals surface area contributed by atoms with Crippen LogP contribution in [0.15, 0.2) is 54.6 Å². The first-order valence-electron chi connectivity index (χ1n) is 11.7. The van der Waals surface area contributed by atoms with E-state index in [1.807, 2.05) is 25.1 Å². The second kappa shape index (κ2) is 9.16. The molecule has 2 aromatic carbocycles. The number of benzene rings is 2. The Morgan fingerprint density at radius 3 is 2.38 bits per heavy atom. The fourth-order valence-corrected chi connectivity index (χ4v) is 5.74. The van der Waals surface area contributed by atoms with Crippen molar-refractivity contribution in [2.24, 2.45) is 0 Å². The molecule has 0 aromatic heterocycles. The third-order valence-corrected chi connectivity index (χ3v) is 7.58. The predicted molar refractivity (Wildman–Crippen MR) is 120 cm³/mol. The summed E-state index contributed by atoms with van der Waals surface area (Å²) in [4.78, 5) is 2.29. The van der Waals surface area contributed by atoms with E-state index in [0.717, 1.165) is 44.8 Å². The van der Waals surface area contributed by atoms with Crippen molar-refractivity contribution in [3.8, 4) is 0 Å². The fourth-order valence-electron chi connectivity index (χ4n) is 5.74. The van der Waals surface area contributed by atoms with Crippen LogP contribution in [0.4, 0.5) is 13.2 Å². The molecule has 2 fully saturated rings. The van der Waals surface area contributed by atoms with Crippen LogP contribution in [0, 0.1) is 0 Å². The van der Waals surface area contributed by atoms with Crippen LogP contribution in [0.3, 0.4) is 0 Å². The van der Waals surface area contributed by atoms with Crippen molar-refractivity contribution in [3.05, 3.63) is 71.3 Å². The van der Waals surface area contributed by atoms with Crippen LogP contribution >= 0.6 is 0 Å². The lowest BCUT2D eigenvalue weighted by Gasteiger charge is -2.57. The summed E-state index contributed by atoms with van der Waals surface area (Å²) in [6.07, 6.45) is 0.387. The number of aliphatic hydroxyl groups is 1. The summed E-state index contributed by atoms with van der Waals surface area (Å²) < 4.78 is 40.8.